The number of nitrogens with one attached hydrogen (secondary N) is 2. The number of rotatable bonds is 3. The second-order valence-corrected chi connectivity index (χ2v) is 5.40. The van der Waals surface area contributed by atoms with E-state index in [0.717, 1.165) is 26.1 Å². The van der Waals surface area contributed by atoms with Gasteiger partial charge in [0.25, 0.3) is 0 Å². The maximum absolute atomic E-state index is 4.22. The molecule has 3 nitrogen and oxygen atoms in total. The molecule has 104 valence electrons. The fourth-order valence-corrected chi connectivity index (χ4v) is 2.79. The molecule has 1 unspecified atom stereocenters. The van der Waals surface area contributed by atoms with Crippen LogP contribution in [0.4, 0.5) is 0 Å². The first-order valence-corrected chi connectivity index (χ1v) is 7.26. The zero-order valence-corrected chi connectivity index (χ0v) is 11.9. The van der Waals surface area contributed by atoms with Crippen LogP contribution in [0.3, 0.4) is 0 Å². The first kappa shape index (κ1) is 13.3. The Labute approximate surface area is 120 Å². The normalized spacial score (nSPS) is 18.4. The van der Waals surface area contributed by atoms with Gasteiger partial charge in [0.15, 0.2) is 0 Å². The quantitative estimate of drug-likeness (QED) is 0.898. The van der Waals surface area contributed by atoms with Crippen LogP contribution in [0.1, 0.15) is 34.7 Å². The Hall–Kier alpha value is -1.71. The van der Waals surface area contributed by atoms with Gasteiger partial charge in [-0.3, -0.25) is 4.98 Å². The summed E-state index contributed by atoms with van der Waals surface area (Å²) >= 11 is 0. The lowest BCUT2D eigenvalue weighted by Gasteiger charge is -2.19. The molecule has 1 aromatic heterocycles. The maximum atomic E-state index is 4.22. The molecule has 3 rings (SSSR count). The fraction of sp³-hybridized carbons (Fsp3) is 0.353. The molecule has 0 amide bonds. The summed E-state index contributed by atoms with van der Waals surface area (Å²) in [4.78, 5) is 4.22. The van der Waals surface area contributed by atoms with E-state index in [4.69, 9.17) is 0 Å². The van der Waals surface area contributed by atoms with Crippen LogP contribution in [0.25, 0.3) is 0 Å². The molecule has 0 fully saturated rings. The minimum atomic E-state index is 0.417. The molecular formula is C17H21N3. The van der Waals surface area contributed by atoms with Crippen LogP contribution in [-0.4, -0.2) is 11.5 Å². The van der Waals surface area contributed by atoms with Gasteiger partial charge in [0.2, 0.25) is 0 Å². The lowest BCUT2D eigenvalue weighted by molar-refractivity contribution is 0.495. The van der Waals surface area contributed by atoms with Crippen LogP contribution < -0.4 is 10.6 Å². The molecule has 1 atom stereocenters. The lowest BCUT2D eigenvalue weighted by atomic mass is 9.99. The summed E-state index contributed by atoms with van der Waals surface area (Å²) in [6.07, 6.45) is 4.93. The molecule has 2 N–H and O–H groups in total. The fourth-order valence-electron chi connectivity index (χ4n) is 2.79. The summed E-state index contributed by atoms with van der Waals surface area (Å²) in [5.41, 5.74) is 5.42. The van der Waals surface area contributed by atoms with Crippen molar-refractivity contribution in [2.24, 2.45) is 0 Å². The lowest BCUT2D eigenvalue weighted by Crippen LogP contribution is -2.23. The molecule has 2 heterocycles. The van der Waals surface area contributed by atoms with E-state index in [1.54, 1.807) is 0 Å². The number of pyridine rings is 1. The minimum absolute atomic E-state index is 0.417. The summed E-state index contributed by atoms with van der Waals surface area (Å²) in [6.45, 7) is 5.04. The zero-order chi connectivity index (χ0) is 13.8. The van der Waals surface area contributed by atoms with Gasteiger partial charge in [-0.2, -0.15) is 0 Å². The third kappa shape index (κ3) is 2.89. The molecular weight excluding hydrogens is 246 g/mol. The second kappa shape index (κ2) is 6.16. The van der Waals surface area contributed by atoms with E-state index in [1.807, 2.05) is 12.4 Å². The molecule has 1 aliphatic rings. The Bertz CT molecular complexity index is 580. The third-order valence-electron chi connectivity index (χ3n) is 4.04. The number of fused-ring (bicyclic) bond motifs is 1. The van der Waals surface area contributed by atoms with E-state index >= 15 is 0 Å². The van der Waals surface area contributed by atoms with E-state index in [1.165, 1.54) is 22.3 Å². The van der Waals surface area contributed by atoms with Crippen molar-refractivity contribution in [3.8, 4) is 0 Å². The van der Waals surface area contributed by atoms with Crippen molar-refractivity contribution < 1.29 is 0 Å². The van der Waals surface area contributed by atoms with Gasteiger partial charge in [-0.15, -0.1) is 0 Å². The molecule has 2 aromatic rings. The highest BCUT2D eigenvalue weighted by atomic mass is 14.9. The highest BCUT2D eigenvalue weighted by Gasteiger charge is 2.17. The van der Waals surface area contributed by atoms with Gasteiger partial charge in [-0.05, 0) is 48.2 Å². The predicted molar refractivity (Wildman–Crippen MR) is 81.3 cm³/mol. The van der Waals surface area contributed by atoms with Gasteiger partial charge >= 0.3 is 0 Å². The van der Waals surface area contributed by atoms with Crippen molar-refractivity contribution >= 4 is 0 Å². The molecule has 0 bridgehead atoms. The summed E-state index contributed by atoms with van der Waals surface area (Å²) in [6, 6.07) is 11.2. The Morgan fingerprint density at radius 1 is 1.30 bits per heavy atom. The molecule has 1 aliphatic heterocycles. The zero-order valence-electron chi connectivity index (χ0n) is 11.9. The van der Waals surface area contributed by atoms with Crippen LogP contribution in [0, 0.1) is 6.92 Å². The Morgan fingerprint density at radius 3 is 3.10 bits per heavy atom. The second-order valence-electron chi connectivity index (χ2n) is 5.40. The average molecular weight is 267 g/mol. The number of aryl methyl sites for hydroxylation is 1. The Balaban J connectivity index is 1.76. The van der Waals surface area contributed by atoms with E-state index < -0.39 is 0 Å². The van der Waals surface area contributed by atoms with Crippen molar-refractivity contribution in [2.45, 2.75) is 32.5 Å². The van der Waals surface area contributed by atoms with Gasteiger partial charge in [-0.25, -0.2) is 0 Å². The summed E-state index contributed by atoms with van der Waals surface area (Å²) in [5.74, 6) is 0. The van der Waals surface area contributed by atoms with E-state index in [2.05, 4.69) is 52.9 Å². The first-order valence-electron chi connectivity index (χ1n) is 7.26. The number of benzene rings is 1. The van der Waals surface area contributed by atoms with Crippen molar-refractivity contribution in [1.29, 1.82) is 0 Å². The van der Waals surface area contributed by atoms with Gasteiger partial charge in [0.1, 0.15) is 0 Å². The van der Waals surface area contributed by atoms with E-state index in [9.17, 15) is 0 Å². The maximum Gasteiger partial charge on any atom is 0.0338 e. The van der Waals surface area contributed by atoms with E-state index in [-0.39, 0.29) is 0 Å². The number of hydrogen-bond donors (Lipinski definition) is 2. The number of nitrogens with zero attached hydrogens (tertiary/aromatic N) is 1. The van der Waals surface area contributed by atoms with Crippen molar-refractivity contribution in [2.75, 3.05) is 6.54 Å². The highest BCUT2D eigenvalue weighted by Crippen LogP contribution is 2.24. The largest absolute Gasteiger partial charge is 0.313 e. The van der Waals surface area contributed by atoms with Crippen LogP contribution in [-0.2, 0) is 13.1 Å². The molecule has 3 heteroatoms. The Morgan fingerprint density at radius 2 is 2.20 bits per heavy atom. The molecule has 0 saturated carbocycles. The SMILES string of the molecule is Cc1ccncc1CNC1CCNCc2ccccc21. The van der Waals surface area contributed by atoms with Crippen molar-refractivity contribution in [1.82, 2.24) is 15.6 Å². The standard InChI is InChI=1S/C17H21N3/c1-13-6-8-18-11-15(13)12-20-17-7-9-19-10-14-4-2-3-5-16(14)17/h2-6,8,11,17,19-20H,7,9-10,12H2,1H3. The van der Waals surface area contributed by atoms with Gasteiger partial charge in [0, 0.05) is 31.5 Å². The van der Waals surface area contributed by atoms with Crippen LogP contribution in [0.5, 0.6) is 0 Å². The summed E-state index contributed by atoms with van der Waals surface area (Å²) in [5, 5.41) is 7.19. The summed E-state index contributed by atoms with van der Waals surface area (Å²) in [7, 11) is 0. The van der Waals surface area contributed by atoms with Crippen LogP contribution >= 0.6 is 0 Å². The first-order chi connectivity index (χ1) is 9.84. The van der Waals surface area contributed by atoms with Gasteiger partial charge in [0.05, 0.1) is 0 Å². The topological polar surface area (TPSA) is 37.0 Å². The van der Waals surface area contributed by atoms with Crippen LogP contribution in [0.15, 0.2) is 42.7 Å². The molecule has 0 saturated heterocycles. The molecule has 0 radical (unpaired) electrons. The van der Waals surface area contributed by atoms with Gasteiger partial charge < -0.3 is 10.6 Å². The van der Waals surface area contributed by atoms with Crippen molar-refractivity contribution in [3.05, 3.63) is 65.0 Å². The van der Waals surface area contributed by atoms with Crippen LogP contribution in [0.2, 0.25) is 0 Å². The van der Waals surface area contributed by atoms with Crippen molar-refractivity contribution in [3.63, 3.8) is 0 Å². The molecule has 0 aliphatic carbocycles. The number of aromatic nitrogens is 1. The molecule has 1 aromatic carbocycles. The van der Waals surface area contributed by atoms with E-state index in [0.29, 0.717) is 6.04 Å². The number of hydrogen-bond acceptors (Lipinski definition) is 3. The molecule has 0 spiro atoms. The Kier molecular flexibility index (Phi) is 4.09. The minimum Gasteiger partial charge on any atom is -0.313 e. The highest BCUT2D eigenvalue weighted by molar-refractivity contribution is 5.31. The smallest absolute Gasteiger partial charge is 0.0338 e. The molecule has 20 heavy (non-hydrogen) atoms. The summed E-state index contributed by atoms with van der Waals surface area (Å²) < 4.78 is 0. The third-order valence-corrected chi connectivity index (χ3v) is 4.04. The predicted octanol–water partition coefficient (Wildman–Crippen LogP) is 2.71. The monoisotopic (exact) mass is 267 g/mol. The average Bonchev–Trinajstić information content (AvgIpc) is 2.69. The van der Waals surface area contributed by atoms with Gasteiger partial charge in [-0.1, -0.05) is 24.3 Å².